The fourth-order valence-corrected chi connectivity index (χ4v) is 4.27. The van der Waals surface area contributed by atoms with Gasteiger partial charge in [0.1, 0.15) is 11.5 Å². The molecule has 0 aliphatic heterocycles. The third-order valence-electron chi connectivity index (χ3n) is 5.70. The Hall–Kier alpha value is -4.19. The average Bonchev–Trinajstić information content (AvgIpc) is 2.89. The molecule has 0 radical (unpaired) electrons. The van der Waals surface area contributed by atoms with Crippen molar-refractivity contribution in [2.75, 3.05) is 0 Å². The minimum Gasteiger partial charge on any atom is -0.506 e. The summed E-state index contributed by atoms with van der Waals surface area (Å²) in [7, 11) is -4.64. The number of benzene rings is 5. The lowest BCUT2D eigenvalue weighted by Crippen LogP contribution is -1.95. The van der Waals surface area contributed by atoms with Gasteiger partial charge < -0.3 is 24.9 Å². The highest BCUT2D eigenvalue weighted by atomic mass is 31.2. The lowest BCUT2D eigenvalue weighted by molar-refractivity contribution is 0.275. The largest absolute Gasteiger partial charge is 0.506 e. The maximum Gasteiger partial charge on any atom is 0.466 e. The standard InChI is InChI=1S/C30H22O2.H3O4P/c31-29-26(22-15-7-2-8-16-22)25(21-13-5-1-6-14-21)27(23-17-9-3-10-18-23)30(32)28(29)24-19-11-4-12-20-24;1-5(2,3)4/h1-20,31-32H;(H3,1,2,3,4). The molecule has 7 heteroatoms. The number of aromatic hydroxyl groups is 2. The van der Waals surface area contributed by atoms with Gasteiger partial charge in [0.2, 0.25) is 0 Å². The maximum absolute atomic E-state index is 11.6. The van der Waals surface area contributed by atoms with Crippen molar-refractivity contribution in [2.24, 2.45) is 0 Å². The van der Waals surface area contributed by atoms with Crippen molar-refractivity contribution in [1.82, 2.24) is 0 Å². The fourth-order valence-electron chi connectivity index (χ4n) is 4.27. The monoisotopic (exact) mass is 512 g/mol. The van der Waals surface area contributed by atoms with Gasteiger partial charge in [-0.05, 0) is 22.3 Å². The number of hydrogen-bond donors (Lipinski definition) is 5. The van der Waals surface area contributed by atoms with Crippen LogP contribution in [0.4, 0.5) is 0 Å². The third-order valence-corrected chi connectivity index (χ3v) is 5.70. The quantitative estimate of drug-likeness (QED) is 0.168. The summed E-state index contributed by atoms with van der Waals surface area (Å²) in [5.41, 5.74) is 6.10. The fraction of sp³-hybridized carbons (Fsp3) is 0. The zero-order chi connectivity index (χ0) is 26.4. The summed E-state index contributed by atoms with van der Waals surface area (Å²) in [4.78, 5) is 21.6. The normalized spacial score (nSPS) is 10.9. The molecule has 0 atom stereocenters. The molecule has 0 unspecified atom stereocenters. The topological polar surface area (TPSA) is 118 Å². The van der Waals surface area contributed by atoms with Crippen molar-refractivity contribution in [3.63, 3.8) is 0 Å². The van der Waals surface area contributed by atoms with Gasteiger partial charge in [0.25, 0.3) is 0 Å². The summed E-state index contributed by atoms with van der Waals surface area (Å²) in [6.07, 6.45) is 0. The Kier molecular flexibility index (Phi) is 7.87. The highest BCUT2D eigenvalue weighted by Gasteiger charge is 2.27. The van der Waals surface area contributed by atoms with Gasteiger partial charge in [-0.25, -0.2) is 4.57 Å². The number of phenols is 2. The van der Waals surface area contributed by atoms with Crippen molar-refractivity contribution in [1.29, 1.82) is 0 Å². The molecule has 6 nitrogen and oxygen atoms in total. The second-order valence-electron chi connectivity index (χ2n) is 8.17. The van der Waals surface area contributed by atoms with Crippen LogP contribution in [-0.2, 0) is 4.57 Å². The van der Waals surface area contributed by atoms with E-state index >= 15 is 0 Å². The number of phosphoric acid groups is 1. The van der Waals surface area contributed by atoms with Crippen molar-refractivity contribution in [3.05, 3.63) is 121 Å². The molecule has 0 amide bonds. The molecule has 186 valence electrons. The number of hydrogen-bond acceptors (Lipinski definition) is 3. The van der Waals surface area contributed by atoms with Gasteiger partial charge >= 0.3 is 7.82 Å². The molecule has 5 aromatic rings. The van der Waals surface area contributed by atoms with E-state index in [0.717, 1.165) is 27.8 Å². The van der Waals surface area contributed by atoms with Gasteiger partial charge in [-0.1, -0.05) is 121 Å². The van der Waals surface area contributed by atoms with Crippen LogP contribution >= 0.6 is 7.82 Å². The summed E-state index contributed by atoms with van der Waals surface area (Å²) in [5.74, 6) is 0.136. The molecule has 0 bridgehead atoms. The molecular formula is C30H25O6P. The van der Waals surface area contributed by atoms with Crippen LogP contribution in [-0.4, -0.2) is 24.9 Å². The molecule has 0 aliphatic rings. The van der Waals surface area contributed by atoms with E-state index in [4.69, 9.17) is 19.2 Å². The van der Waals surface area contributed by atoms with Crippen LogP contribution in [0.5, 0.6) is 11.5 Å². The highest BCUT2D eigenvalue weighted by Crippen LogP contribution is 2.55. The molecule has 0 spiro atoms. The molecule has 5 N–H and O–H groups in total. The minimum absolute atomic E-state index is 0.0680. The first kappa shape index (κ1) is 25.9. The molecule has 0 heterocycles. The predicted octanol–water partition coefficient (Wildman–Crippen LogP) is 6.84. The van der Waals surface area contributed by atoms with Crippen LogP contribution in [0.3, 0.4) is 0 Å². The van der Waals surface area contributed by atoms with Crippen LogP contribution in [0.2, 0.25) is 0 Å². The molecule has 5 rings (SSSR count). The molecule has 5 aromatic carbocycles. The molecular weight excluding hydrogens is 487 g/mol. The van der Waals surface area contributed by atoms with Crippen LogP contribution in [0.25, 0.3) is 44.5 Å². The summed E-state index contributed by atoms with van der Waals surface area (Å²) < 4.78 is 8.88. The van der Waals surface area contributed by atoms with Crippen LogP contribution in [0, 0.1) is 0 Å². The number of rotatable bonds is 4. The Bertz CT molecular complexity index is 1440. The lowest BCUT2D eigenvalue weighted by atomic mass is 9.83. The third kappa shape index (κ3) is 6.15. The summed E-state index contributed by atoms with van der Waals surface area (Å²) in [5, 5.41) is 23.3. The van der Waals surface area contributed by atoms with Gasteiger partial charge in [-0.15, -0.1) is 0 Å². The number of phenolic OH excluding ortho intramolecular Hbond substituents is 2. The van der Waals surface area contributed by atoms with E-state index in [-0.39, 0.29) is 11.5 Å². The first-order chi connectivity index (χ1) is 17.8. The Morgan fingerprint density at radius 3 is 0.865 bits per heavy atom. The highest BCUT2D eigenvalue weighted by molar-refractivity contribution is 7.45. The second-order valence-corrected chi connectivity index (χ2v) is 9.20. The van der Waals surface area contributed by atoms with Gasteiger partial charge in [-0.3, -0.25) is 0 Å². The molecule has 37 heavy (non-hydrogen) atoms. The van der Waals surface area contributed by atoms with E-state index in [0.29, 0.717) is 16.7 Å². The van der Waals surface area contributed by atoms with E-state index in [1.165, 1.54) is 0 Å². The summed E-state index contributed by atoms with van der Waals surface area (Å²) in [6.45, 7) is 0. The van der Waals surface area contributed by atoms with Gasteiger partial charge in [0.15, 0.2) is 0 Å². The van der Waals surface area contributed by atoms with Crippen LogP contribution in [0.1, 0.15) is 0 Å². The first-order valence-corrected chi connectivity index (χ1v) is 12.9. The van der Waals surface area contributed by atoms with Crippen LogP contribution in [0.15, 0.2) is 121 Å². The Balaban J connectivity index is 0.000000586. The Morgan fingerprint density at radius 2 is 0.595 bits per heavy atom. The lowest BCUT2D eigenvalue weighted by Gasteiger charge is -2.23. The van der Waals surface area contributed by atoms with Gasteiger partial charge in [0, 0.05) is 16.7 Å². The first-order valence-electron chi connectivity index (χ1n) is 11.4. The zero-order valence-corrected chi connectivity index (χ0v) is 20.5. The SMILES string of the molecule is O=P(O)(O)O.Oc1c(-c2ccccc2)c(O)c(-c2ccccc2)c(-c2ccccc2)c1-c1ccccc1. The van der Waals surface area contributed by atoms with E-state index in [1.807, 2.05) is 121 Å². The predicted molar refractivity (Wildman–Crippen MR) is 146 cm³/mol. The van der Waals surface area contributed by atoms with E-state index < -0.39 is 7.82 Å². The second kappa shape index (κ2) is 11.2. The average molecular weight is 512 g/mol. The molecule has 0 saturated heterocycles. The smallest absolute Gasteiger partial charge is 0.466 e. The van der Waals surface area contributed by atoms with Crippen molar-refractivity contribution < 1.29 is 29.5 Å². The van der Waals surface area contributed by atoms with Gasteiger partial charge in [-0.2, -0.15) is 0 Å². The Morgan fingerprint density at radius 1 is 0.378 bits per heavy atom. The van der Waals surface area contributed by atoms with Crippen molar-refractivity contribution in [3.8, 4) is 56.0 Å². The van der Waals surface area contributed by atoms with E-state index in [1.54, 1.807) is 0 Å². The zero-order valence-electron chi connectivity index (χ0n) is 19.6. The molecule has 0 fully saturated rings. The molecule has 0 aliphatic carbocycles. The molecule has 0 aromatic heterocycles. The minimum atomic E-state index is -4.64. The van der Waals surface area contributed by atoms with Gasteiger partial charge in [0.05, 0.1) is 5.56 Å². The maximum atomic E-state index is 11.6. The van der Waals surface area contributed by atoms with Crippen molar-refractivity contribution in [2.45, 2.75) is 0 Å². The van der Waals surface area contributed by atoms with Crippen LogP contribution < -0.4 is 0 Å². The summed E-state index contributed by atoms with van der Waals surface area (Å²) in [6, 6.07) is 39.2. The van der Waals surface area contributed by atoms with E-state index in [2.05, 4.69) is 0 Å². The Labute approximate surface area is 214 Å². The summed E-state index contributed by atoms with van der Waals surface area (Å²) >= 11 is 0. The van der Waals surface area contributed by atoms with Crippen molar-refractivity contribution >= 4 is 7.82 Å². The molecule has 0 saturated carbocycles. The van der Waals surface area contributed by atoms with E-state index in [9.17, 15) is 10.2 Å².